The van der Waals surface area contributed by atoms with E-state index in [1.165, 1.54) is 28.2 Å². The maximum Gasteiger partial charge on any atom is 0.416 e. The van der Waals surface area contributed by atoms with Gasteiger partial charge in [0, 0.05) is 30.7 Å². The molecule has 176 valence electrons. The minimum absolute atomic E-state index is 0.119. The fraction of sp³-hybridized carbons (Fsp3) is 0.0870. The molecule has 1 N–H and O–H groups in total. The zero-order valence-electron chi connectivity index (χ0n) is 17.8. The summed E-state index contributed by atoms with van der Waals surface area (Å²) in [4.78, 5) is 22.3. The minimum atomic E-state index is -4.52. The van der Waals surface area contributed by atoms with E-state index in [0.717, 1.165) is 12.1 Å². The largest absolute Gasteiger partial charge is 0.416 e. The third-order valence-electron chi connectivity index (χ3n) is 5.00. The number of rotatable bonds is 6. The van der Waals surface area contributed by atoms with Gasteiger partial charge in [-0.2, -0.15) is 18.3 Å². The van der Waals surface area contributed by atoms with Crippen LogP contribution in [0, 0.1) is 0 Å². The molecule has 35 heavy (non-hydrogen) atoms. The Morgan fingerprint density at radius 1 is 1.06 bits per heavy atom. The number of hydrogen-bond acceptors (Lipinski definition) is 6. The molecule has 4 heterocycles. The first-order chi connectivity index (χ1) is 16.9. The van der Waals surface area contributed by atoms with Crippen LogP contribution in [-0.4, -0.2) is 35.4 Å². The number of hydrogen-bond donors (Lipinski definition) is 1. The van der Waals surface area contributed by atoms with Crippen molar-refractivity contribution in [2.75, 3.05) is 0 Å². The number of carbonyl (C=O) groups excluding carboxylic acids is 1. The number of benzene rings is 1. The van der Waals surface area contributed by atoms with Crippen molar-refractivity contribution in [2.45, 2.75) is 12.7 Å². The molecule has 12 heteroatoms. The second-order valence-electron chi connectivity index (χ2n) is 7.32. The predicted molar refractivity (Wildman–Crippen MR) is 122 cm³/mol. The summed E-state index contributed by atoms with van der Waals surface area (Å²) in [6.07, 6.45) is 0.455. The summed E-state index contributed by atoms with van der Waals surface area (Å²) in [5, 5.41) is 13.0. The molecule has 1 amide bonds. The van der Waals surface area contributed by atoms with Crippen LogP contribution in [0.2, 0.25) is 0 Å². The molecular formula is C23H16F3N7OS. The average molecular weight is 495 g/mol. The number of amides is 1. The number of carbonyl (C=O) groups is 1. The summed E-state index contributed by atoms with van der Waals surface area (Å²) >= 11 is 1.34. The highest BCUT2D eigenvalue weighted by Crippen LogP contribution is 2.32. The van der Waals surface area contributed by atoms with Crippen molar-refractivity contribution < 1.29 is 18.0 Å². The van der Waals surface area contributed by atoms with E-state index >= 15 is 0 Å². The zero-order chi connectivity index (χ0) is 24.4. The molecule has 4 aromatic heterocycles. The number of pyridine rings is 1. The molecule has 0 aliphatic heterocycles. The summed E-state index contributed by atoms with van der Waals surface area (Å²) in [6, 6.07) is 13.6. The first kappa shape index (κ1) is 22.5. The van der Waals surface area contributed by atoms with Gasteiger partial charge in [-0.3, -0.25) is 4.79 Å². The maximum atomic E-state index is 13.3. The van der Waals surface area contributed by atoms with Crippen LogP contribution in [0.4, 0.5) is 13.2 Å². The summed E-state index contributed by atoms with van der Waals surface area (Å²) in [5.74, 6) is 0.0711. The number of alkyl halides is 3. The molecule has 0 radical (unpaired) electrons. The van der Waals surface area contributed by atoms with Gasteiger partial charge in [-0.1, -0.05) is 18.2 Å². The second kappa shape index (κ2) is 9.14. The summed E-state index contributed by atoms with van der Waals surface area (Å²) in [5.41, 5.74) is 0.0275. The molecule has 0 aliphatic rings. The van der Waals surface area contributed by atoms with Gasteiger partial charge in [-0.25, -0.2) is 19.3 Å². The molecule has 5 aromatic rings. The monoisotopic (exact) mass is 495 g/mol. The molecule has 0 atom stereocenters. The highest BCUT2D eigenvalue weighted by molar-refractivity contribution is 7.13. The second-order valence-corrected chi connectivity index (χ2v) is 8.26. The minimum Gasteiger partial charge on any atom is -0.345 e. The lowest BCUT2D eigenvalue weighted by molar-refractivity contribution is -0.137. The molecule has 8 nitrogen and oxygen atoms in total. The molecule has 0 aliphatic carbocycles. The van der Waals surface area contributed by atoms with E-state index in [0.29, 0.717) is 16.3 Å². The molecular weight excluding hydrogens is 479 g/mol. The van der Waals surface area contributed by atoms with Crippen molar-refractivity contribution in [1.82, 2.24) is 34.8 Å². The van der Waals surface area contributed by atoms with E-state index < -0.39 is 17.6 Å². The van der Waals surface area contributed by atoms with Gasteiger partial charge in [-0.15, -0.1) is 16.4 Å². The Hall–Kier alpha value is -4.32. The molecule has 0 saturated heterocycles. The topological polar surface area (TPSA) is 90.5 Å². The maximum absolute atomic E-state index is 13.3. The Morgan fingerprint density at radius 2 is 1.94 bits per heavy atom. The SMILES string of the molecule is O=C(NCc1cccnc1-n1cccn1)c1nc(-c2cccs2)n(-c2cccc(C(F)(F)F)c2)n1. The van der Waals surface area contributed by atoms with Crippen molar-refractivity contribution in [1.29, 1.82) is 0 Å². The first-order valence-electron chi connectivity index (χ1n) is 10.3. The summed E-state index contributed by atoms with van der Waals surface area (Å²) < 4.78 is 42.6. The van der Waals surface area contributed by atoms with Crippen LogP contribution >= 0.6 is 11.3 Å². The summed E-state index contributed by atoms with van der Waals surface area (Å²) in [7, 11) is 0. The van der Waals surface area contributed by atoms with Gasteiger partial charge in [0.1, 0.15) is 0 Å². The quantitative estimate of drug-likeness (QED) is 0.374. The van der Waals surface area contributed by atoms with Crippen molar-refractivity contribution in [3.05, 3.63) is 95.5 Å². The van der Waals surface area contributed by atoms with Gasteiger partial charge in [0.15, 0.2) is 11.6 Å². The highest BCUT2D eigenvalue weighted by atomic mass is 32.1. The Balaban J connectivity index is 1.45. The standard InChI is InChI=1S/C23H16F3N7OS/c24-23(25,26)16-6-1-7-17(13-16)33-21(18-8-3-12-35-18)30-19(31-33)22(34)28-14-15-5-2-9-27-20(15)32-11-4-10-29-32/h1-13H,14H2,(H,28,34). The lowest BCUT2D eigenvalue weighted by Crippen LogP contribution is -2.25. The molecule has 0 spiro atoms. The molecule has 0 bridgehead atoms. The Kier molecular flexibility index (Phi) is 5.87. The molecule has 1 aromatic carbocycles. The predicted octanol–water partition coefficient (Wildman–Crippen LogP) is 4.53. The smallest absolute Gasteiger partial charge is 0.345 e. The van der Waals surface area contributed by atoms with Crippen LogP contribution in [0.1, 0.15) is 21.7 Å². The van der Waals surface area contributed by atoms with Crippen molar-refractivity contribution in [3.8, 4) is 22.2 Å². The van der Waals surface area contributed by atoms with Crippen LogP contribution in [-0.2, 0) is 12.7 Å². The zero-order valence-corrected chi connectivity index (χ0v) is 18.7. The average Bonchev–Trinajstić information content (AvgIpc) is 3.63. The van der Waals surface area contributed by atoms with Crippen molar-refractivity contribution in [3.63, 3.8) is 0 Å². The van der Waals surface area contributed by atoms with Gasteiger partial charge in [0.25, 0.3) is 5.91 Å². The molecule has 0 saturated carbocycles. The lowest BCUT2D eigenvalue weighted by atomic mass is 10.2. The van der Waals surface area contributed by atoms with E-state index in [1.807, 2.05) is 0 Å². The molecule has 0 fully saturated rings. The number of thiophene rings is 1. The van der Waals surface area contributed by atoms with Gasteiger partial charge in [0.2, 0.25) is 5.82 Å². The fourth-order valence-electron chi connectivity index (χ4n) is 3.39. The fourth-order valence-corrected chi connectivity index (χ4v) is 4.09. The van der Waals surface area contributed by atoms with Gasteiger partial charge in [0.05, 0.1) is 16.1 Å². The van der Waals surface area contributed by atoms with E-state index in [1.54, 1.807) is 59.0 Å². The van der Waals surface area contributed by atoms with Crippen LogP contribution in [0.15, 0.2) is 78.6 Å². The van der Waals surface area contributed by atoms with Gasteiger partial charge in [-0.05, 0) is 41.8 Å². The van der Waals surface area contributed by atoms with Crippen molar-refractivity contribution in [2.24, 2.45) is 0 Å². The molecule has 5 rings (SSSR count). The Morgan fingerprint density at radius 3 is 2.69 bits per heavy atom. The normalized spacial score (nSPS) is 11.5. The Bertz CT molecular complexity index is 1460. The van der Waals surface area contributed by atoms with Crippen LogP contribution in [0.25, 0.3) is 22.2 Å². The van der Waals surface area contributed by atoms with E-state index in [9.17, 15) is 18.0 Å². The number of aromatic nitrogens is 6. The summed E-state index contributed by atoms with van der Waals surface area (Å²) in [6.45, 7) is 0.119. The van der Waals surface area contributed by atoms with Crippen LogP contribution < -0.4 is 5.32 Å². The van der Waals surface area contributed by atoms with E-state index in [4.69, 9.17) is 0 Å². The van der Waals surface area contributed by atoms with Crippen LogP contribution in [0.5, 0.6) is 0 Å². The number of nitrogens with one attached hydrogen (secondary N) is 1. The highest BCUT2D eigenvalue weighted by Gasteiger charge is 2.31. The lowest BCUT2D eigenvalue weighted by Gasteiger charge is -2.10. The van der Waals surface area contributed by atoms with Crippen molar-refractivity contribution >= 4 is 17.2 Å². The first-order valence-corrected chi connectivity index (χ1v) is 11.2. The number of halogens is 3. The molecule has 0 unspecified atom stereocenters. The Labute approximate surface area is 200 Å². The van der Waals surface area contributed by atoms with E-state index in [-0.39, 0.29) is 23.9 Å². The third-order valence-corrected chi connectivity index (χ3v) is 5.86. The number of nitrogens with zero attached hydrogens (tertiary/aromatic N) is 6. The van der Waals surface area contributed by atoms with E-state index in [2.05, 4.69) is 25.5 Å². The van der Waals surface area contributed by atoms with Gasteiger partial charge >= 0.3 is 6.18 Å². The van der Waals surface area contributed by atoms with Gasteiger partial charge < -0.3 is 5.32 Å². The third kappa shape index (κ3) is 4.68. The van der Waals surface area contributed by atoms with Crippen LogP contribution in [0.3, 0.4) is 0 Å².